The lowest BCUT2D eigenvalue weighted by atomic mass is 10.2. The maximum absolute atomic E-state index is 13.0. The smallest absolute Gasteiger partial charge is 0.328 e. The number of nitrogens with zero attached hydrogens (tertiary/aromatic N) is 6. The minimum absolute atomic E-state index is 0.0370. The third kappa shape index (κ3) is 7.39. The van der Waals surface area contributed by atoms with E-state index >= 15 is 0 Å². The minimum atomic E-state index is -2.90. The monoisotopic (exact) mass is 580 g/mol. The van der Waals surface area contributed by atoms with E-state index in [1.807, 2.05) is 0 Å². The van der Waals surface area contributed by atoms with Gasteiger partial charge in [0, 0.05) is 35.6 Å². The number of aromatic nitrogens is 4. The second-order valence-electron chi connectivity index (χ2n) is 7.80. The van der Waals surface area contributed by atoms with Crippen LogP contribution in [0.4, 0.5) is 10.8 Å². The molecule has 2 heterocycles. The zero-order valence-electron chi connectivity index (χ0n) is 20.6. The van der Waals surface area contributed by atoms with E-state index in [4.69, 9.17) is 4.74 Å². The van der Waals surface area contributed by atoms with Gasteiger partial charge in [0.15, 0.2) is 5.01 Å². The van der Waals surface area contributed by atoms with Crippen LogP contribution in [-0.4, -0.2) is 76.5 Å². The normalized spacial score (nSPS) is 11.6. The molecule has 1 atom stereocenters. The standard InChI is InChI=1S/C21H23N7O9S2/c1-3-37-17(30)12-25(16(29)11-26-10-13(2)18(31)22-20(26)32)8-9-27(39(35)36)21-24-23-19(38-21)14-6-4-5-7-15(14)28(33)34/h4-7,10H,3,8-9,11-12H2,1-2H3,(H,35,36)(H,22,31,32)/p-1. The fourth-order valence-electron chi connectivity index (χ4n) is 3.32. The van der Waals surface area contributed by atoms with Gasteiger partial charge < -0.3 is 14.2 Å². The van der Waals surface area contributed by atoms with Crippen LogP contribution < -0.4 is 15.6 Å². The summed E-state index contributed by atoms with van der Waals surface area (Å²) in [6.45, 7) is 1.28. The summed E-state index contributed by atoms with van der Waals surface area (Å²) in [5, 5.41) is 19.0. The number of benzene rings is 1. The van der Waals surface area contributed by atoms with Crippen LogP contribution in [0.1, 0.15) is 12.5 Å². The van der Waals surface area contributed by atoms with Crippen LogP contribution in [0.3, 0.4) is 0 Å². The summed E-state index contributed by atoms with van der Waals surface area (Å²) in [5.41, 5.74) is -1.37. The molecule has 3 aromatic rings. The van der Waals surface area contributed by atoms with Crippen LogP contribution in [0, 0.1) is 17.0 Å². The predicted octanol–water partition coefficient (Wildman–Crippen LogP) is -0.0359. The van der Waals surface area contributed by atoms with Gasteiger partial charge >= 0.3 is 11.7 Å². The summed E-state index contributed by atoms with van der Waals surface area (Å²) in [5.74, 6) is -1.49. The number of para-hydroxylation sites is 1. The van der Waals surface area contributed by atoms with Gasteiger partial charge in [0.1, 0.15) is 13.1 Å². The summed E-state index contributed by atoms with van der Waals surface area (Å²) in [4.78, 5) is 62.7. The highest BCUT2D eigenvalue weighted by Gasteiger charge is 2.24. The van der Waals surface area contributed by atoms with Crippen molar-refractivity contribution in [2.45, 2.75) is 20.4 Å². The Hall–Kier alpha value is -4.29. The quantitative estimate of drug-likeness (QED) is 0.130. The number of aromatic amines is 1. The van der Waals surface area contributed by atoms with Gasteiger partial charge in [-0.15, -0.1) is 10.2 Å². The highest BCUT2D eigenvalue weighted by atomic mass is 32.2. The van der Waals surface area contributed by atoms with Crippen molar-refractivity contribution in [2.24, 2.45) is 0 Å². The van der Waals surface area contributed by atoms with Gasteiger partial charge in [0.2, 0.25) is 11.0 Å². The van der Waals surface area contributed by atoms with Crippen molar-refractivity contribution in [3.63, 3.8) is 0 Å². The second-order valence-corrected chi connectivity index (χ2v) is 9.63. The highest BCUT2D eigenvalue weighted by Crippen LogP contribution is 2.34. The molecule has 0 radical (unpaired) electrons. The first kappa shape index (κ1) is 29.3. The molecule has 0 aliphatic rings. The number of hydrogen-bond donors (Lipinski definition) is 1. The zero-order chi connectivity index (χ0) is 28.7. The van der Waals surface area contributed by atoms with Crippen molar-refractivity contribution in [1.82, 2.24) is 24.6 Å². The fourth-order valence-corrected chi connectivity index (χ4v) is 4.82. The fraction of sp³-hybridized carbons (Fsp3) is 0.333. The molecule has 1 unspecified atom stereocenters. The van der Waals surface area contributed by atoms with Crippen LogP contribution in [0.15, 0.2) is 40.1 Å². The van der Waals surface area contributed by atoms with Crippen molar-refractivity contribution >= 4 is 45.3 Å². The molecule has 0 bridgehead atoms. The van der Waals surface area contributed by atoms with Gasteiger partial charge in [-0.2, -0.15) is 0 Å². The summed E-state index contributed by atoms with van der Waals surface area (Å²) in [6, 6.07) is 5.75. The Morgan fingerprint density at radius 3 is 2.62 bits per heavy atom. The number of ether oxygens (including phenoxy) is 1. The molecule has 2 aromatic heterocycles. The molecule has 1 amide bonds. The number of carbonyl (C=O) groups is 2. The molecule has 39 heavy (non-hydrogen) atoms. The van der Waals surface area contributed by atoms with E-state index in [1.54, 1.807) is 13.0 Å². The second kappa shape index (κ2) is 13.0. The van der Waals surface area contributed by atoms with Gasteiger partial charge in [-0.3, -0.25) is 42.6 Å². The predicted molar refractivity (Wildman–Crippen MR) is 138 cm³/mol. The number of H-pyrrole nitrogens is 1. The first-order chi connectivity index (χ1) is 18.5. The van der Waals surface area contributed by atoms with E-state index in [0.29, 0.717) is 0 Å². The Morgan fingerprint density at radius 1 is 1.23 bits per heavy atom. The lowest BCUT2D eigenvalue weighted by molar-refractivity contribution is -0.384. The Labute approximate surface area is 226 Å². The molecule has 0 fully saturated rings. The number of esters is 1. The van der Waals surface area contributed by atoms with Gasteiger partial charge in [-0.05, 0) is 19.9 Å². The molecule has 0 spiro atoms. The number of amides is 1. The molecule has 0 aliphatic carbocycles. The van der Waals surface area contributed by atoms with E-state index in [2.05, 4.69) is 15.2 Å². The lowest BCUT2D eigenvalue weighted by Gasteiger charge is -2.27. The number of nitrogens with one attached hydrogen (secondary N) is 1. The largest absolute Gasteiger partial charge is 0.755 e. The first-order valence-electron chi connectivity index (χ1n) is 11.2. The third-order valence-corrected chi connectivity index (χ3v) is 6.99. The average Bonchev–Trinajstić information content (AvgIpc) is 3.36. The van der Waals surface area contributed by atoms with Gasteiger partial charge in [0.05, 0.1) is 23.6 Å². The van der Waals surface area contributed by atoms with Crippen molar-refractivity contribution in [2.75, 3.05) is 30.5 Å². The molecule has 0 aliphatic heterocycles. The molecule has 208 valence electrons. The maximum Gasteiger partial charge on any atom is 0.328 e. The van der Waals surface area contributed by atoms with E-state index in [-0.39, 0.29) is 46.6 Å². The molecule has 16 nitrogen and oxygen atoms in total. The van der Waals surface area contributed by atoms with Gasteiger partial charge in [0.25, 0.3) is 11.2 Å². The van der Waals surface area contributed by atoms with Crippen LogP contribution in [-0.2, 0) is 32.1 Å². The van der Waals surface area contributed by atoms with Crippen molar-refractivity contribution in [1.29, 1.82) is 0 Å². The van der Waals surface area contributed by atoms with Crippen LogP contribution in [0.2, 0.25) is 0 Å². The molecule has 0 saturated heterocycles. The summed E-state index contributed by atoms with van der Waals surface area (Å²) in [7, 11) is 0. The van der Waals surface area contributed by atoms with Crippen LogP contribution in [0.5, 0.6) is 0 Å². The Balaban J connectivity index is 1.83. The van der Waals surface area contributed by atoms with E-state index in [9.17, 15) is 38.1 Å². The third-order valence-electron chi connectivity index (χ3n) is 5.18. The minimum Gasteiger partial charge on any atom is -0.755 e. The Morgan fingerprint density at radius 2 is 1.95 bits per heavy atom. The summed E-state index contributed by atoms with van der Waals surface area (Å²) in [6.07, 6.45) is 1.19. The van der Waals surface area contributed by atoms with Crippen molar-refractivity contribution < 1.29 is 28.0 Å². The van der Waals surface area contributed by atoms with Crippen LogP contribution >= 0.6 is 11.3 Å². The van der Waals surface area contributed by atoms with Gasteiger partial charge in [-0.25, -0.2) is 4.79 Å². The first-order valence-corrected chi connectivity index (χ1v) is 13.0. The van der Waals surface area contributed by atoms with Crippen molar-refractivity contribution in [3.05, 3.63) is 67.0 Å². The van der Waals surface area contributed by atoms with Gasteiger partial charge in [-0.1, -0.05) is 23.5 Å². The van der Waals surface area contributed by atoms with Crippen molar-refractivity contribution in [3.8, 4) is 10.6 Å². The number of nitro groups is 1. The number of hydrogen-bond acceptors (Lipinski definition) is 12. The molecular formula is C21H22N7O9S2-. The molecule has 1 aromatic carbocycles. The summed E-state index contributed by atoms with van der Waals surface area (Å²) < 4.78 is 30.6. The molecule has 1 N–H and O–H groups in total. The average molecular weight is 581 g/mol. The molecule has 0 saturated carbocycles. The van der Waals surface area contributed by atoms with E-state index in [1.165, 1.54) is 31.3 Å². The maximum atomic E-state index is 13.0. The zero-order valence-corrected chi connectivity index (χ0v) is 22.2. The topological polar surface area (TPSA) is 214 Å². The van der Waals surface area contributed by atoms with Crippen LogP contribution in [0.25, 0.3) is 10.6 Å². The number of rotatable bonds is 12. The van der Waals surface area contributed by atoms with E-state index in [0.717, 1.165) is 25.1 Å². The molecule has 3 rings (SSSR count). The SMILES string of the molecule is CCOC(=O)CN(CCN(c1nnc(-c2ccccc2[N+](=O)[O-])s1)S(=O)[O-])C(=O)Cn1cc(C)c(=O)[nH]c1=O. The molecular weight excluding hydrogens is 558 g/mol. The highest BCUT2D eigenvalue weighted by molar-refractivity contribution is 7.80. The van der Waals surface area contributed by atoms with E-state index < -0.39 is 52.4 Å². The number of anilines is 1. The molecule has 18 heteroatoms. The summed E-state index contributed by atoms with van der Waals surface area (Å²) >= 11 is -2.12. The number of aryl methyl sites for hydroxylation is 1. The Kier molecular flexibility index (Phi) is 9.74. The number of carbonyl (C=O) groups excluding carboxylic acids is 2. The lowest BCUT2D eigenvalue weighted by Crippen LogP contribution is -2.45. The number of nitro benzene ring substituents is 1. The Bertz CT molecular complexity index is 1520.